The maximum Gasteiger partial charge on any atom is -0.0134 e. The molecule has 1 unspecified atom stereocenters. The lowest BCUT2D eigenvalue weighted by atomic mass is 9.90. The summed E-state index contributed by atoms with van der Waals surface area (Å²) in [4.78, 5) is 0. The van der Waals surface area contributed by atoms with Crippen LogP contribution >= 0.6 is 22.6 Å². The molecule has 12 heavy (non-hydrogen) atoms. The molecule has 1 rings (SSSR count). The van der Waals surface area contributed by atoms with Crippen LogP contribution in [0.5, 0.6) is 0 Å². The van der Waals surface area contributed by atoms with Crippen LogP contribution < -0.4 is 0 Å². The smallest absolute Gasteiger partial charge is 0.0134 e. The topological polar surface area (TPSA) is 0 Å². The Labute approximate surface area is 90.0 Å². The maximum absolute atomic E-state index is 2.47. The quantitative estimate of drug-likeness (QED) is 0.517. The summed E-state index contributed by atoms with van der Waals surface area (Å²) in [6.07, 6.45) is 12.3. The zero-order valence-corrected chi connectivity index (χ0v) is 10.1. The number of allylic oxidation sites excluding steroid dienone is 2. The van der Waals surface area contributed by atoms with Crippen LogP contribution in [-0.2, 0) is 0 Å². The molecule has 0 nitrogen and oxygen atoms in total. The van der Waals surface area contributed by atoms with Crippen molar-refractivity contribution in [2.75, 3.05) is 0 Å². The van der Waals surface area contributed by atoms with Gasteiger partial charge in [0.05, 0.1) is 0 Å². The zero-order valence-electron chi connectivity index (χ0n) is 7.98. The lowest BCUT2D eigenvalue weighted by Gasteiger charge is -2.19. The molecule has 0 fully saturated rings. The molecule has 1 aliphatic rings. The zero-order chi connectivity index (χ0) is 8.81. The van der Waals surface area contributed by atoms with Crippen LogP contribution in [0.3, 0.4) is 0 Å². The minimum absolute atomic E-state index is 1.01. The summed E-state index contributed by atoms with van der Waals surface area (Å²) in [5.74, 6) is 1.01. The molecular formula is C11H19I. The lowest BCUT2D eigenvalue weighted by molar-refractivity contribution is 0.423. The van der Waals surface area contributed by atoms with Gasteiger partial charge >= 0.3 is 0 Å². The number of hydrogen-bond acceptors (Lipinski definition) is 0. The van der Waals surface area contributed by atoms with Crippen LogP contribution in [0.2, 0.25) is 0 Å². The van der Waals surface area contributed by atoms with Crippen LogP contribution in [0.25, 0.3) is 0 Å². The fraction of sp³-hybridized carbons (Fsp3) is 0.818. The summed E-state index contributed by atoms with van der Waals surface area (Å²) >= 11 is 2.47. The van der Waals surface area contributed by atoms with Gasteiger partial charge in [-0.15, -0.1) is 0 Å². The first kappa shape index (κ1) is 10.6. The molecule has 0 N–H and O–H groups in total. The second-order valence-electron chi connectivity index (χ2n) is 3.79. The molecule has 0 aromatic heterocycles. The molecule has 1 heteroatoms. The lowest BCUT2D eigenvalue weighted by Crippen LogP contribution is -2.03. The van der Waals surface area contributed by atoms with Crippen molar-refractivity contribution < 1.29 is 0 Å². The number of halogens is 1. The Morgan fingerprint density at radius 1 is 1.50 bits per heavy atom. The fourth-order valence-electron chi connectivity index (χ4n) is 1.80. The Kier molecular flexibility index (Phi) is 5.28. The van der Waals surface area contributed by atoms with Gasteiger partial charge in [-0.3, -0.25) is 0 Å². The first-order chi connectivity index (χ1) is 5.83. The van der Waals surface area contributed by atoms with Crippen molar-refractivity contribution in [1.82, 2.24) is 0 Å². The average Bonchev–Trinajstić information content (AvgIpc) is 2.09. The largest absolute Gasteiger partial charge is 0.0750 e. The molecule has 0 radical (unpaired) electrons. The summed E-state index contributed by atoms with van der Waals surface area (Å²) in [5, 5.41) is 0. The summed E-state index contributed by atoms with van der Waals surface area (Å²) in [6, 6.07) is 0. The normalized spacial score (nSPS) is 23.8. The Balaban J connectivity index is 2.10. The fourth-order valence-corrected chi connectivity index (χ4v) is 2.37. The molecule has 0 spiro atoms. The van der Waals surface area contributed by atoms with E-state index in [9.17, 15) is 0 Å². The van der Waals surface area contributed by atoms with E-state index in [0.29, 0.717) is 0 Å². The van der Waals surface area contributed by atoms with Crippen LogP contribution in [0.1, 0.15) is 51.9 Å². The van der Waals surface area contributed by atoms with E-state index >= 15 is 0 Å². The van der Waals surface area contributed by atoms with E-state index in [0.717, 1.165) is 5.92 Å². The van der Waals surface area contributed by atoms with Crippen LogP contribution in [0.4, 0.5) is 0 Å². The Hall–Kier alpha value is 0.470. The second-order valence-corrected chi connectivity index (χ2v) is 5.17. The number of rotatable bonds is 4. The van der Waals surface area contributed by atoms with Gasteiger partial charge in [-0.1, -0.05) is 38.7 Å². The molecule has 0 amide bonds. The molecule has 1 aliphatic carbocycles. The van der Waals surface area contributed by atoms with Gasteiger partial charge < -0.3 is 0 Å². The van der Waals surface area contributed by atoms with Crippen molar-refractivity contribution in [3.63, 3.8) is 0 Å². The molecule has 70 valence electrons. The molecule has 0 heterocycles. The van der Waals surface area contributed by atoms with Gasteiger partial charge in [-0.05, 0) is 51.4 Å². The van der Waals surface area contributed by atoms with Crippen molar-refractivity contribution in [1.29, 1.82) is 0 Å². The highest BCUT2D eigenvalue weighted by atomic mass is 127. The van der Waals surface area contributed by atoms with E-state index in [1.54, 1.807) is 3.58 Å². The molecule has 0 saturated carbocycles. The van der Waals surface area contributed by atoms with E-state index < -0.39 is 0 Å². The summed E-state index contributed by atoms with van der Waals surface area (Å²) in [7, 11) is 0. The Morgan fingerprint density at radius 3 is 2.92 bits per heavy atom. The average molecular weight is 278 g/mol. The minimum Gasteiger partial charge on any atom is -0.0750 e. The summed E-state index contributed by atoms with van der Waals surface area (Å²) in [5.41, 5.74) is 0. The van der Waals surface area contributed by atoms with E-state index in [1.165, 1.54) is 44.9 Å². The molecular weight excluding hydrogens is 259 g/mol. The highest BCUT2D eigenvalue weighted by Crippen LogP contribution is 2.30. The highest BCUT2D eigenvalue weighted by molar-refractivity contribution is 14.1. The third kappa shape index (κ3) is 3.92. The van der Waals surface area contributed by atoms with Crippen molar-refractivity contribution in [2.24, 2.45) is 5.92 Å². The van der Waals surface area contributed by atoms with Gasteiger partial charge in [-0.25, -0.2) is 0 Å². The predicted octanol–water partition coefficient (Wildman–Crippen LogP) is 4.69. The van der Waals surface area contributed by atoms with Crippen LogP contribution in [-0.4, -0.2) is 0 Å². The Bertz CT molecular complexity index is 149. The van der Waals surface area contributed by atoms with E-state index in [2.05, 4.69) is 35.6 Å². The van der Waals surface area contributed by atoms with Crippen molar-refractivity contribution >= 4 is 22.6 Å². The molecule has 0 saturated heterocycles. The first-order valence-electron chi connectivity index (χ1n) is 5.17. The van der Waals surface area contributed by atoms with E-state index in [4.69, 9.17) is 0 Å². The number of hydrogen-bond donors (Lipinski definition) is 0. The second kappa shape index (κ2) is 6.01. The van der Waals surface area contributed by atoms with E-state index in [-0.39, 0.29) is 0 Å². The molecule has 0 aliphatic heterocycles. The van der Waals surface area contributed by atoms with Crippen LogP contribution in [0, 0.1) is 5.92 Å². The van der Waals surface area contributed by atoms with Gasteiger partial charge in [0.2, 0.25) is 0 Å². The van der Waals surface area contributed by atoms with E-state index in [1.807, 2.05) is 0 Å². The third-order valence-corrected chi connectivity index (χ3v) is 3.66. The van der Waals surface area contributed by atoms with Crippen molar-refractivity contribution in [2.45, 2.75) is 51.9 Å². The van der Waals surface area contributed by atoms with Crippen molar-refractivity contribution in [3.8, 4) is 0 Å². The van der Waals surface area contributed by atoms with Gasteiger partial charge in [-0.2, -0.15) is 0 Å². The molecule has 0 aromatic carbocycles. The summed E-state index contributed by atoms with van der Waals surface area (Å²) in [6.45, 7) is 2.28. The van der Waals surface area contributed by atoms with Crippen LogP contribution in [0.15, 0.2) is 9.66 Å². The molecule has 1 atom stereocenters. The predicted molar refractivity (Wildman–Crippen MR) is 63.6 cm³/mol. The van der Waals surface area contributed by atoms with Gasteiger partial charge in [0, 0.05) is 0 Å². The minimum atomic E-state index is 1.01. The third-order valence-electron chi connectivity index (χ3n) is 2.68. The highest BCUT2D eigenvalue weighted by Gasteiger charge is 2.11. The molecule has 0 bridgehead atoms. The van der Waals surface area contributed by atoms with Crippen molar-refractivity contribution in [3.05, 3.63) is 9.66 Å². The number of unbranched alkanes of at least 4 members (excludes halogenated alkanes) is 2. The molecule has 0 aromatic rings. The van der Waals surface area contributed by atoms with Gasteiger partial charge in [0.1, 0.15) is 0 Å². The maximum atomic E-state index is 2.47. The Morgan fingerprint density at radius 2 is 2.33 bits per heavy atom. The van der Waals surface area contributed by atoms with Gasteiger partial charge in [0.25, 0.3) is 0 Å². The summed E-state index contributed by atoms with van der Waals surface area (Å²) < 4.78 is 1.58. The SMILES string of the molecule is CCCCCC1CC=C(I)CC1. The monoisotopic (exact) mass is 278 g/mol. The standard InChI is InChI=1S/C11H19I/c1-2-3-4-5-10-6-8-11(12)9-7-10/h8,10H,2-7,9H2,1H3. The first-order valence-corrected chi connectivity index (χ1v) is 6.25. The van der Waals surface area contributed by atoms with Gasteiger partial charge in [0.15, 0.2) is 0 Å².